The van der Waals surface area contributed by atoms with Crippen LogP contribution in [0.25, 0.3) is 11.1 Å². The summed E-state index contributed by atoms with van der Waals surface area (Å²) in [4.78, 5) is 0. The van der Waals surface area contributed by atoms with Crippen molar-refractivity contribution in [2.75, 3.05) is 0 Å². The zero-order valence-electron chi connectivity index (χ0n) is 10.9. The summed E-state index contributed by atoms with van der Waals surface area (Å²) in [5, 5.41) is 4.34. The number of hydrogen-bond acceptors (Lipinski definition) is 0. The van der Waals surface area contributed by atoms with E-state index in [1.807, 2.05) is 0 Å². The van der Waals surface area contributed by atoms with Gasteiger partial charge in [0.25, 0.3) is 0 Å². The molecule has 4 rings (SSSR count). The van der Waals surface area contributed by atoms with Gasteiger partial charge in [0.05, 0.1) is 0 Å². The zero-order valence-corrected chi connectivity index (χ0v) is 13.5. The van der Waals surface area contributed by atoms with E-state index in [0.717, 1.165) is 0 Å². The molecule has 0 radical (unpaired) electrons. The first-order chi connectivity index (χ1) is 9.82. The Morgan fingerprint density at radius 2 is 1.00 bits per heavy atom. The monoisotopic (exact) mass is 340 g/mol. The Bertz CT molecular complexity index is 787. The van der Waals surface area contributed by atoms with Gasteiger partial charge in [0.2, 0.25) is 0 Å². The third-order valence-corrected chi connectivity index (χ3v) is 10.9. The van der Waals surface area contributed by atoms with E-state index in [1.54, 1.807) is 0 Å². The van der Waals surface area contributed by atoms with Gasteiger partial charge >= 0.3 is 127 Å². The van der Waals surface area contributed by atoms with Crippen molar-refractivity contribution in [3.63, 3.8) is 0 Å². The molecule has 0 nitrogen and oxygen atoms in total. The van der Waals surface area contributed by atoms with Crippen LogP contribution < -0.4 is 15.9 Å². The van der Waals surface area contributed by atoms with Gasteiger partial charge in [0, 0.05) is 0 Å². The van der Waals surface area contributed by atoms with Crippen LogP contribution in [0, 0.1) is 0 Å². The molecule has 0 aromatic heterocycles. The van der Waals surface area contributed by atoms with E-state index < -0.39 is 5.51 Å². The molecule has 0 N–H and O–H groups in total. The Balaban J connectivity index is 2.13. The number of benzene rings is 3. The molecule has 0 spiro atoms. The first-order valence-corrected chi connectivity index (χ1v) is 10.7. The second-order valence-electron chi connectivity index (χ2n) is 4.98. The Morgan fingerprint density at radius 1 is 0.550 bits per heavy atom. The van der Waals surface area contributed by atoms with Gasteiger partial charge in [-0.3, -0.25) is 0 Å². The van der Waals surface area contributed by atoms with Crippen LogP contribution in [-0.2, 0) is 0 Å². The summed E-state index contributed by atoms with van der Waals surface area (Å²) in [6.07, 6.45) is 0. The van der Waals surface area contributed by atoms with Gasteiger partial charge in [0.1, 0.15) is 0 Å². The molecule has 1 aliphatic heterocycles. The van der Waals surface area contributed by atoms with Crippen molar-refractivity contribution in [2.24, 2.45) is 0 Å². The second kappa shape index (κ2) is 4.57. The van der Waals surface area contributed by atoms with Crippen LogP contribution >= 0.6 is 5.51 Å². The third-order valence-electron chi connectivity index (χ3n) is 3.90. The fraction of sp³-hybridized carbons (Fsp3) is 0. The van der Waals surface area contributed by atoms with Gasteiger partial charge in [-0.15, -0.1) is 0 Å². The molecule has 0 fully saturated rings. The summed E-state index contributed by atoms with van der Waals surface area (Å²) in [5.74, 6) is 0. The van der Waals surface area contributed by atoms with Crippen LogP contribution in [0.3, 0.4) is 0 Å². The number of hydrogen-bond donors (Lipinski definition) is 0. The third kappa shape index (κ3) is 1.58. The average Bonchev–Trinajstić information content (AvgIpc) is 2.80. The van der Waals surface area contributed by atoms with Gasteiger partial charge < -0.3 is 0 Å². The van der Waals surface area contributed by atoms with Gasteiger partial charge in [-0.05, 0) is 0 Å². The van der Waals surface area contributed by atoms with Gasteiger partial charge in [-0.2, -0.15) is 0 Å². The van der Waals surface area contributed by atoms with Crippen LogP contribution in [-0.4, -0.2) is 15.1 Å². The molecule has 20 heavy (non-hydrogen) atoms. The van der Waals surface area contributed by atoms with E-state index in [4.69, 9.17) is 0 Å². The zero-order chi connectivity index (χ0) is 13.6. The summed E-state index contributed by atoms with van der Waals surface area (Å²) in [6.45, 7) is 0. The molecule has 0 bridgehead atoms. The van der Waals surface area contributed by atoms with Crippen LogP contribution in [0.4, 0.5) is 0 Å². The quantitative estimate of drug-likeness (QED) is 0.369. The molecule has 0 atom stereocenters. The predicted molar refractivity (Wildman–Crippen MR) is 89.9 cm³/mol. The van der Waals surface area contributed by atoms with E-state index in [9.17, 15) is 0 Å². The molecule has 3 aromatic carbocycles. The minimum atomic E-state index is -1.58. The van der Waals surface area contributed by atoms with Crippen LogP contribution in [0.2, 0.25) is 0 Å². The standard InChI is InChI=1S/C18H13PSe/c20-19(14-8-2-1-3-9-14)17-12-6-4-10-15(17)16-11-5-7-13-18(16)19/h1-13H. The molecule has 0 aliphatic carbocycles. The molecule has 1 aliphatic rings. The Kier molecular flexibility index (Phi) is 2.82. The summed E-state index contributed by atoms with van der Waals surface area (Å²) in [7, 11) is 0. The molecule has 2 heteroatoms. The summed E-state index contributed by atoms with van der Waals surface area (Å²) in [5.41, 5.74) is 1.20. The van der Waals surface area contributed by atoms with Crippen LogP contribution in [0.1, 0.15) is 0 Å². The molecule has 0 saturated carbocycles. The fourth-order valence-electron chi connectivity index (χ4n) is 3.00. The molecular weight excluding hydrogens is 326 g/mol. The van der Waals surface area contributed by atoms with Crippen molar-refractivity contribution < 1.29 is 0 Å². The van der Waals surface area contributed by atoms with Gasteiger partial charge in [-0.1, -0.05) is 0 Å². The molecule has 0 saturated heterocycles. The molecule has 96 valence electrons. The first-order valence-electron chi connectivity index (χ1n) is 6.67. The average molecular weight is 339 g/mol. The summed E-state index contributed by atoms with van der Waals surface area (Å²) in [6, 6.07) is 28.5. The fourth-order valence-corrected chi connectivity index (χ4v) is 8.84. The van der Waals surface area contributed by atoms with Crippen molar-refractivity contribution in [1.82, 2.24) is 0 Å². The van der Waals surface area contributed by atoms with E-state index in [2.05, 4.69) is 94.0 Å². The molecule has 0 unspecified atom stereocenters. The Hall–Kier alpha value is -1.39. The maximum atomic E-state index is 3.59. The Morgan fingerprint density at radius 3 is 1.55 bits per heavy atom. The second-order valence-corrected chi connectivity index (χ2v) is 11.1. The maximum absolute atomic E-state index is 3.59. The van der Waals surface area contributed by atoms with Crippen molar-refractivity contribution in [1.29, 1.82) is 0 Å². The molecule has 0 amide bonds. The van der Waals surface area contributed by atoms with E-state index in [1.165, 1.54) is 27.0 Å². The van der Waals surface area contributed by atoms with Gasteiger partial charge in [0.15, 0.2) is 0 Å². The Labute approximate surface area is 126 Å². The van der Waals surface area contributed by atoms with Crippen LogP contribution in [0.5, 0.6) is 0 Å². The van der Waals surface area contributed by atoms with Crippen molar-refractivity contribution >= 4 is 36.5 Å². The number of rotatable bonds is 1. The SMILES string of the molecule is [Se]=P1(c2ccccc2)c2ccccc2-c2ccccc21. The van der Waals surface area contributed by atoms with Gasteiger partial charge in [-0.25, -0.2) is 0 Å². The minimum absolute atomic E-state index is 1.39. The summed E-state index contributed by atoms with van der Waals surface area (Å²) < 4.78 is 0. The normalized spacial score (nSPS) is 14.6. The van der Waals surface area contributed by atoms with Crippen molar-refractivity contribution in [3.05, 3.63) is 78.9 Å². The molecule has 3 aromatic rings. The van der Waals surface area contributed by atoms with Crippen molar-refractivity contribution in [2.45, 2.75) is 0 Å². The van der Waals surface area contributed by atoms with E-state index in [-0.39, 0.29) is 0 Å². The topological polar surface area (TPSA) is 0 Å². The summed E-state index contributed by atoms with van der Waals surface area (Å²) >= 11 is 3.59. The first kappa shape index (κ1) is 12.4. The predicted octanol–water partition coefficient (Wildman–Crippen LogP) is 3.04. The number of fused-ring (bicyclic) bond motifs is 3. The van der Waals surface area contributed by atoms with Crippen LogP contribution in [0.15, 0.2) is 78.9 Å². The van der Waals surface area contributed by atoms with E-state index in [0.29, 0.717) is 0 Å². The van der Waals surface area contributed by atoms with E-state index >= 15 is 0 Å². The van der Waals surface area contributed by atoms with Crippen molar-refractivity contribution in [3.8, 4) is 11.1 Å². The molecular formula is C18H13PSe. The molecule has 1 heterocycles.